The van der Waals surface area contributed by atoms with Gasteiger partial charge in [0.2, 0.25) is 11.4 Å². The number of para-hydroxylation sites is 8. The van der Waals surface area contributed by atoms with E-state index in [2.05, 4.69) is 279 Å². The first-order chi connectivity index (χ1) is 44.6. The van der Waals surface area contributed by atoms with E-state index < -0.39 is 0 Å². The highest BCUT2D eigenvalue weighted by molar-refractivity contribution is 6.19. The monoisotopic (exact) mass is 1150 g/mol. The molecule has 0 radical (unpaired) electrons. The normalized spacial score (nSPS) is 12.2. The molecular formula is C80H46N8O2. The number of furan rings is 2. The second-order valence-electron chi connectivity index (χ2n) is 23.3. The molecule has 90 heavy (non-hydrogen) atoms. The maximum absolute atomic E-state index is 7.07. The molecule has 0 aliphatic heterocycles. The van der Waals surface area contributed by atoms with Crippen LogP contribution in [0.15, 0.2) is 288 Å². The van der Waals surface area contributed by atoms with E-state index in [9.17, 15) is 0 Å². The highest BCUT2D eigenvalue weighted by Crippen LogP contribution is 2.45. The highest BCUT2D eigenvalue weighted by atomic mass is 16.3. The van der Waals surface area contributed by atoms with Gasteiger partial charge in [0.05, 0.1) is 54.9 Å². The van der Waals surface area contributed by atoms with Crippen LogP contribution in [0, 0.1) is 0 Å². The summed E-state index contributed by atoms with van der Waals surface area (Å²) in [5.74, 6) is 2.65. The van der Waals surface area contributed by atoms with E-state index in [-0.39, 0.29) is 0 Å². The summed E-state index contributed by atoms with van der Waals surface area (Å²) in [4.78, 5) is 21.7. The quantitative estimate of drug-likeness (QED) is 0.158. The summed E-state index contributed by atoms with van der Waals surface area (Å²) in [6.07, 6.45) is 0. The SMILES string of the molecule is c1cc(-c2nc(-n3c4ccccc4c4ccccc43)c3c(n2)oc2ccccc23)cc(-n2c3ccccc3c3c(-c4ccc5c(c4)oc4nc(-c6ccc(-n7c8ccccc8c8ccccc87)cc6)nc(-n6c7ccccc7c7ccccc76)c45)cccc32)c1. The number of nitrogens with zero attached hydrogens (tertiary/aromatic N) is 8. The molecule has 0 amide bonds. The first kappa shape index (κ1) is 48.8. The van der Waals surface area contributed by atoms with Crippen LogP contribution >= 0.6 is 0 Å². The lowest BCUT2D eigenvalue weighted by molar-refractivity contribution is 0.652. The summed E-state index contributed by atoms with van der Waals surface area (Å²) < 4.78 is 22.9. The zero-order valence-electron chi connectivity index (χ0n) is 48.0. The van der Waals surface area contributed by atoms with E-state index in [0.29, 0.717) is 28.7 Å². The summed E-state index contributed by atoms with van der Waals surface area (Å²) in [5, 5.41) is 12.9. The van der Waals surface area contributed by atoms with Crippen LogP contribution in [0.2, 0.25) is 0 Å². The summed E-state index contributed by atoms with van der Waals surface area (Å²) >= 11 is 0. The van der Waals surface area contributed by atoms with E-state index in [4.69, 9.17) is 28.8 Å². The fourth-order valence-electron chi connectivity index (χ4n) is 14.6. The lowest BCUT2D eigenvalue weighted by atomic mass is 9.98. The van der Waals surface area contributed by atoms with Crippen molar-refractivity contribution in [3.63, 3.8) is 0 Å². The number of rotatable bonds is 7. The lowest BCUT2D eigenvalue weighted by Gasteiger charge is -2.12. The van der Waals surface area contributed by atoms with Crippen LogP contribution in [0.5, 0.6) is 0 Å². The van der Waals surface area contributed by atoms with Crippen LogP contribution in [0.1, 0.15) is 0 Å². The minimum atomic E-state index is 0.510. The van der Waals surface area contributed by atoms with Crippen molar-refractivity contribution in [2.24, 2.45) is 0 Å². The van der Waals surface area contributed by atoms with Crippen molar-refractivity contribution in [2.45, 2.75) is 0 Å². The van der Waals surface area contributed by atoms with Crippen LogP contribution in [0.25, 0.3) is 188 Å². The van der Waals surface area contributed by atoms with Crippen molar-refractivity contribution in [1.82, 2.24) is 38.2 Å². The lowest BCUT2D eigenvalue weighted by Crippen LogP contribution is -2.02. The van der Waals surface area contributed by atoms with Gasteiger partial charge in [0.15, 0.2) is 23.3 Å². The molecule has 0 aliphatic rings. The maximum atomic E-state index is 7.07. The third-order valence-electron chi connectivity index (χ3n) is 18.5. The van der Waals surface area contributed by atoms with Crippen molar-refractivity contribution in [1.29, 1.82) is 0 Å². The first-order valence-electron chi connectivity index (χ1n) is 30.3. The Kier molecular flexibility index (Phi) is 10.1. The average Bonchev–Trinajstić information content (AvgIpc) is 1.63. The van der Waals surface area contributed by atoms with Gasteiger partial charge in [-0.1, -0.05) is 176 Å². The number of hydrogen-bond acceptors (Lipinski definition) is 6. The minimum absolute atomic E-state index is 0.510. The molecule has 0 fully saturated rings. The third-order valence-corrected chi connectivity index (χ3v) is 18.5. The molecule has 0 spiro atoms. The summed E-state index contributed by atoms with van der Waals surface area (Å²) in [6, 6.07) is 98.5. The molecule has 0 saturated heterocycles. The van der Waals surface area contributed by atoms with Gasteiger partial charge in [0, 0.05) is 76.4 Å². The zero-order chi connectivity index (χ0) is 58.7. The molecule has 0 aliphatic carbocycles. The molecule has 0 N–H and O–H groups in total. The second-order valence-corrected chi connectivity index (χ2v) is 23.3. The zero-order valence-corrected chi connectivity index (χ0v) is 48.0. The van der Waals surface area contributed by atoms with E-state index in [1.54, 1.807) is 0 Å². The smallest absolute Gasteiger partial charge is 0.233 e. The van der Waals surface area contributed by atoms with Gasteiger partial charge >= 0.3 is 0 Å². The summed E-state index contributed by atoms with van der Waals surface area (Å²) in [7, 11) is 0. The molecule has 20 rings (SSSR count). The Hall–Kier alpha value is -12.4. The topological polar surface area (TPSA) is 97.6 Å². The van der Waals surface area contributed by atoms with Crippen molar-refractivity contribution in [3.05, 3.63) is 279 Å². The number of hydrogen-bond donors (Lipinski definition) is 0. The van der Waals surface area contributed by atoms with Gasteiger partial charge in [-0.15, -0.1) is 0 Å². The minimum Gasteiger partial charge on any atom is -0.437 e. The highest BCUT2D eigenvalue weighted by Gasteiger charge is 2.26. The predicted molar refractivity (Wildman–Crippen MR) is 366 cm³/mol. The molecule has 418 valence electrons. The molecule has 20 aromatic rings. The second kappa shape index (κ2) is 18.6. The fourth-order valence-corrected chi connectivity index (χ4v) is 14.6. The van der Waals surface area contributed by atoms with Crippen molar-refractivity contribution >= 4 is 131 Å². The van der Waals surface area contributed by atoms with Gasteiger partial charge in [0.25, 0.3) is 0 Å². The Morgan fingerprint density at radius 1 is 0.233 bits per heavy atom. The van der Waals surface area contributed by atoms with E-state index in [1.165, 1.54) is 10.8 Å². The number of benzene rings is 12. The Balaban J connectivity index is 0.746. The third kappa shape index (κ3) is 6.92. The molecule has 10 heteroatoms. The van der Waals surface area contributed by atoms with E-state index in [1.807, 2.05) is 18.2 Å². The largest absolute Gasteiger partial charge is 0.437 e. The Labute approximate surface area is 511 Å². The average molecular weight is 1150 g/mol. The number of aromatic nitrogens is 8. The molecule has 0 saturated carbocycles. The fraction of sp³-hybridized carbons (Fsp3) is 0. The molecule has 10 nitrogen and oxygen atoms in total. The molecule has 0 atom stereocenters. The van der Waals surface area contributed by atoms with Gasteiger partial charge in [0.1, 0.15) is 11.2 Å². The van der Waals surface area contributed by atoms with Crippen molar-refractivity contribution in [3.8, 4) is 56.9 Å². The van der Waals surface area contributed by atoms with Gasteiger partial charge in [-0.05, 0) is 114 Å². The maximum Gasteiger partial charge on any atom is 0.233 e. The first-order valence-corrected chi connectivity index (χ1v) is 30.3. The Bertz CT molecular complexity index is 6270. The Morgan fingerprint density at radius 3 is 1.18 bits per heavy atom. The van der Waals surface area contributed by atoms with Gasteiger partial charge in [-0.3, -0.25) is 9.13 Å². The standard InChI is InChI=1S/C80H46N8O2/c1-9-30-62-53(21-1)54-22-2-10-31-63(54)85(62)50-42-39-47(40-43-50)75-81-78(88-66-34-13-5-25-57(66)58-26-6-14-35-67(58)88)74-61-44-41-48(46-71(61)90-80(74)83-75)52-29-18-37-69-72(52)59-27-7-15-36-68(59)86(69)51-20-17-19-49(45-51)76-82-77(73-60-28-8-16-38-70(60)89-79(73)84-76)87-64-32-11-3-23-55(64)56-24-4-12-33-65(56)87/h1-46H. The van der Waals surface area contributed by atoms with Crippen LogP contribution in [0.3, 0.4) is 0 Å². The van der Waals surface area contributed by atoms with Crippen LogP contribution < -0.4 is 0 Å². The van der Waals surface area contributed by atoms with E-state index >= 15 is 0 Å². The van der Waals surface area contributed by atoms with Crippen molar-refractivity contribution < 1.29 is 8.83 Å². The molecular weight excluding hydrogens is 1100 g/mol. The van der Waals surface area contributed by atoms with Crippen molar-refractivity contribution in [2.75, 3.05) is 0 Å². The summed E-state index contributed by atoms with van der Waals surface area (Å²) in [6.45, 7) is 0. The van der Waals surface area contributed by atoms with Crippen LogP contribution in [-0.2, 0) is 0 Å². The molecule has 12 aromatic carbocycles. The van der Waals surface area contributed by atoms with Gasteiger partial charge in [-0.25, -0.2) is 9.97 Å². The van der Waals surface area contributed by atoms with Gasteiger partial charge in [-0.2, -0.15) is 9.97 Å². The van der Waals surface area contributed by atoms with Crippen LogP contribution in [0.4, 0.5) is 0 Å². The molecule has 8 aromatic heterocycles. The summed E-state index contributed by atoms with van der Waals surface area (Å²) in [5.41, 5.74) is 17.0. The Morgan fingerprint density at radius 2 is 0.633 bits per heavy atom. The number of fused-ring (bicyclic) bond motifs is 18. The van der Waals surface area contributed by atoms with Crippen LogP contribution in [-0.4, -0.2) is 38.2 Å². The molecule has 8 heterocycles. The predicted octanol–water partition coefficient (Wildman–Crippen LogP) is 20.5. The molecule has 0 unspecified atom stereocenters. The van der Waals surface area contributed by atoms with Gasteiger partial charge < -0.3 is 18.0 Å². The van der Waals surface area contributed by atoms with E-state index in [0.717, 1.165) is 149 Å². The molecule has 0 bridgehead atoms.